The lowest BCUT2D eigenvalue weighted by Gasteiger charge is -2.35. The number of carbonyl (C=O) groups excluding carboxylic acids is 1. The topological polar surface area (TPSA) is 198 Å². The van der Waals surface area contributed by atoms with Crippen LogP contribution >= 0.6 is 22.9 Å². The highest BCUT2D eigenvalue weighted by atomic mass is 35.5. The Bertz CT molecular complexity index is 1220. The van der Waals surface area contributed by atoms with Gasteiger partial charge in [-0.3, -0.25) is 9.69 Å². The molecule has 0 bridgehead atoms. The van der Waals surface area contributed by atoms with E-state index in [1.807, 2.05) is 32.0 Å². The number of thiazole rings is 1. The molecule has 0 radical (unpaired) electrons. The number of para-hydroxylation sites is 1. The van der Waals surface area contributed by atoms with Crippen molar-refractivity contribution in [3.63, 3.8) is 0 Å². The summed E-state index contributed by atoms with van der Waals surface area (Å²) in [4.78, 5) is 31.0. The van der Waals surface area contributed by atoms with Crippen molar-refractivity contribution in [3.05, 3.63) is 51.7 Å². The summed E-state index contributed by atoms with van der Waals surface area (Å²) in [5.41, 5.74) is 1.49. The summed E-state index contributed by atoms with van der Waals surface area (Å²) in [6.45, 7) is 8.03. The van der Waals surface area contributed by atoms with E-state index in [4.69, 9.17) is 30.0 Å². The van der Waals surface area contributed by atoms with E-state index in [0.717, 1.165) is 37.6 Å². The van der Waals surface area contributed by atoms with Crippen molar-refractivity contribution >= 4 is 62.7 Å². The third kappa shape index (κ3) is 9.21. The molecule has 1 aliphatic rings. The quantitative estimate of drug-likeness (QED) is 0.294. The van der Waals surface area contributed by atoms with Crippen LogP contribution in [-0.2, 0) is 11.4 Å². The van der Waals surface area contributed by atoms with Gasteiger partial charge >= 0.3 is 0 Å². The highest BCUT2D eigenvalue weighted by Gasteiger charge is 2.19. The number of hydrogen-bond donors (Lipinski definition) is 4. The van der Waals surface area contributed by atoms with Crippen molar-refractivity contribution in [1.29, 1.82) is 0 Å². The van der Waals surface area contributed by atoms with Crippen LogP contribution in [-0.4, -0.2) is 89.0 Å². The van der Waals surface area contributed by atoms with Gasteiger partial charge in [0.05, 0.1) is 34.9 Å². The Morgan fingerprint density at radius 3 is 2.55 bits per heavy atom. The smallest absolute Gasteiger partial charge is 0.267 e. The minimum absolute atomic E-state index is 0. The molecule has 1 saturated heterocycles. The van der Waals surface area contributed by atoms with Gasteiger partial charge in [-0.25, -0.2) is 19.2 Å². The predicted octanol–water partition coefficient (Wildman–Crippen LogP) is 1.83. The van der Waals surface area contributed by atoms with E-state index in [-0.39, 0.29) is 18.0 Å². The van der Waals surface area contributed by atoms with E-state index in [1.165, 1.54) is 17.5 Å². The van der Waals surface area contributed by atoms with Crippen LogP contribution in [0.1, 0.15) is 21.1 Å². The van der Waals surface area contributed by atoms with Crippen LogP contribution in [0.4, 0.5) is 22.5 Å². The Hall–Kier alpha value is -2.76. The fourth-order valence-electron chi connectivity index (χ4n) is 3.63. The summed E-state index contributed by atoms with van der Waals surface area (Å²) in [6.07, 6.45) is 1.53. The Balaban J connectivity index is 0.000000947. The monoisotopic (exact) mass is 586 g/mol. The molecular weight excluding hydrogens is 558 g/mol. The van der Waals surface area contributed by atoms with Gasteiger partial charge in [0.2, 0.25) is 0 Å². The average Bonchev–Trinajstić information content (AvgIpc) is 3.30. The predicted molar refractivity (Wildman–Crippen MR) is 147 cm³/mol. The maximum atomic E-state index is 12.7. The molecule has 1 amide bonds. The molecule has 0 aliphatic carbocycles. The lowest BCUT2D eigenvalue weighted by molar-refractivity contribution is 0.103. The number of benzene rings is 1. The van der Waals surface area contributed by atoms with Gasteiger partial charge in [-0.2, -0.15) is 0 Å². The number of nitrogens with zero attached hydrogens (tertiary/aromatic N) is 5. The maximum absolute atomic E-state index is 12.7. The summed E-state index contributed by atoms with van der Waals surface area (Å²) in [5, 5.41) is 16.2. The molecule has 0 saturated carbocycles. The number of aryl methyl sites for hydroxylation is 2. The van der Waals surface area contributed by atoms with Crippen molar-refractivity contribution in [3.8, 4) is 0 Å². The first-order chi connectivity index (χ1) is 17.7. The van der Waals surface area contributed by atoms with Crippen molar-refractivity contribution in [2.45, 2.75) is 13.8 Å². The average molecular weight is 587 g/mol. The number of anilines is 4. The van der Waals surface area contributed by atoms with Gasteiger partial charge in [-0.1, -0.05) is 35.1 Å². The van der Waals surface area contributed by atoms with Gasteiger partial charge in [0.25, 0.3) is 5.91 Å². The second kappa shape index (κ2) is 15.0. The summed E-state index contributed by atoms with van der Waals surface area (Å²) in [5.74, 6) is 1.85. The fourth-order valence-corrected chi connectivity index (χ4v) is 4.62. The highest BCUT2D eigenvalue weighted by Crippen LogP contribution is 2.28. The number of piperazine rings is 1. The molecule has 1 atom stereocenters. The second-order valence-electron chi connectivity index (χ2n) is 7.97. The molecule has 13 nitrogen and oxygen atoms in total. The number of amides is 1. The Kier molecular flexibility index (Phi) is 12.4. The molecule has 38 heavy (non-hydrogen) atoms. The van der Waals surface area contributed by atoms with Crippen LogP contribution in [0.25, 0.3) is 0 Å². The van der Waals surface area contributed by atoms with Gasteiger partial charge in [0.1, 0.15) is 22.3 Å². The third-order valence-corrected chi connectivity index (χ3v) is 6.59. The van der Waals surface area contributed by atoms with Gasteiger partial charge in [-0.15, -0.1) is 0 Å². The molecule has 6 N–H and O–H groups in total. The van der Waals surface area contributed by atoms with E-state index >= 15 is 0 Å². The highest BCUT2D eigenvalue weighted by molar-refractivity contribution is 7.73. The first kappa shape index (κ1) is 31.5. The van der Waals surface area contributed by atoms with Crippen LogP contribution in [0.15, 0.2) is 30.5 Å². The van der Waals surface area contributed by atoms with Gasteiger partial charge in [0.15, 0.2) is 5.13 Å². The molecule has 1 aromatic carbocycles. The summed E-state index contributed by atoms with van der Waals surface area (Å²) >= 11 is 4.60. The van der Waals surface area contributed by atoms with Crippen LogP contribution in [0.3, 0.4) is 0 Å². The van der Waals surface area contributed by atoms with Crippen molar-refractivity contribution in [1.82, 2.24) is 19.9 Å². The number of aliphatic hydroxyl groups is 1. The zero-order valence-corrected chi connectivity index (χ0v) is 23.1. The van der Waals surface area contributed by atoms with Gasteiger partial charge in [0, 0.05) is 38.8 Å². The minimum Gasteiger partial charge on any atom is -0.750 e. The van der Waals surface area contributed by atoms with Crippen LogP contribution in [0, 0.1) is 13.8 Å². The van der Waals surface area contributed by atoms with Crippen molar-refractivity contribution in [2.75, 3.05) is 54.9 Å². The Morgan fingerprint density at radius 1 is 1.24 bits per heavy atom. The SMILES string of the molecule is Cc1nc(Nc2ncc(C(=O)Nc3c(C)cccc3Cl)s2)cc(N2CCN(CCO)CC2)n1.O.O=S([O-])O. The molecule has 3 aromatic rings. The number of nitrogens with one attached hydrogen (secondary N) is 2. The van der Waals surface area contributed by atoms with Crippen molar-refractivity contribution in [2.24, 2.45) is 0 Å². The maximum Gasteiger partial charge on any atom is 0.267 e. The van der Waals surface area contributed by atoms with Crippen LogP contribution in [0.2, 0.25) is 5.02 Å². The van der Waals surface area contributed by atoms with Gasteiger partial charge < -0.3 is 35.2 Å². The normalized spacial score (nSPS) is 14.1. The number of carbonyl (C=O) groups is 1. The van der Waals surface area contributed by atoms with E-state index in [9.17, 15) is 4.79 Å². The first-order valence-corrected chi connectivity index (χ1v) is 13.4. The van der Waals surface area contributed by atoms with E-state index in [0.29, 0.717) is 38.9 Å². The largest absolute Gasteiger partial charge is 0.750 e. The van der Waals surface area contributed by atoms with Crippen LogP contribution in [0.5, 0.6) is 0 Å². The molecule has 1 unspecified atom stereocenters. The fraction of sp³-hybridized carbons (Fsp3) is 0.364. The molecule has 0 spiro atoms. The Labute approximate surface area is 231 Å². The number of halogens is 1. The Morgan fingerprint density at radius 2 is 1.92 bits per heavy atom. The van der Waals surface area contributed by atoms with E-state index in [2.05, 4.69) is 35.4 Å². The second-order valence-corrected chi connectivity index (χ2v) is 9.84. The molecule has 1 fully saturated rings. The zero-order chi connectivity index (χ0) is 26.9. The molecule has 16 heteroatoms. The van der Waals surface area contributed by atoms with Crippen molar-refractivity contribution < 1.29 is 28.7 Å². The number of β-amino-alcohol motifs (C(OH)–C–C–N with tert-alkyl or cyclic N) is 1. The van der Waals surface area contributed by atoms with Gasteiger partial charge in [-0.05, 0) is 25.5 Å². The third-order valence-electron chi connectivity index (χ3n) is 5.36. The molecule has 3 heterocycles. The molecule has 1 aliphatic heterocycles. The standard InChI is InChI=1S/C22H26ClN7O2S.H2O3S.H2O/c1-14-4-3-5-16(23)20(14)28-21(32)17-13-24-22(33-17)27-18-12-19(26-15(2)25-18)30-8-6-29(7-9-30)10-11-31;1-4(2)3;/h3-5,12-13,31H,6-11H2,1-2H3,(H,28,32)(H,24,25,26,27);(H2,1,2,3);1H2/p-1. The number of aliphatic hydroxyl groups excluding tert-OH is 1. The number of hydrogen-bond acceptors (Lipinski definition) is 11. The summed E-state index contributed by atoms with van der Waals surface area (Å²) < 4.78 is 24.1. The van der Waals surface area contributed by atoms with E-state index in [1.54, 1.807) is 6.07 Å². The molecule has 2 aromatic heterocycles. The molecule has 4 rings (SSSR count). The van der Waals surface area contributed by atoms with E-state index < -0.39 is 11.4 Å². The molecule has 208 valence electrons. The number of aromatic nitrogens is 3. The molecular formula is C22H29ClN7O6S2-. The lowest BCUT2D eigenvalue weighted by Crippen LogP contribution is -2.47. The summed E-state index contributed by atoms with van der Waals surface area (Å²) in [6, 6.07) is 7.37. The zero-order valence-electron chi connectivity index (χ0n) is 20.7. The van der Waals surface area contributed by atoms with Crippen LogP contribution < -0.4 is 15.5 Å². The lowest BCUT2D eigenvalue weighted by atomic mass is 10.2. The summed E-state index contributed by atoms with van der Waals surface area (Å²) in [7, 11) is 0. The minimum atomic E-state index is -2.86. The first-order valence-electron chi connectivity index (χ1n) is 11.2. The number of rotatable bonds is 7.